The highest BCUT2D eigenvalue weighted by atomic mass is 35.5. The zero-order valence-corrected chi connectivity index (χ0v) is 4.92. The van der Waals surface area contributed by atoms with Crippen molar-refractivity contribution < 1.29 is 5.21 Å². The van der Waals surface area contributed by atoms with Crippen molar-refractivity contribution >= 4 is 11.6 Å². The normalized spacial score (nSPS) is 26.8. The summed E-state index contributed by atoms with van der Waals surface area (Å²) in [4.78, 5) is 0. The molecule has 1 aliphatic rings. The van der Waals surface area contributed by atoms with Crippen LogP contribution in [0.1, 0.15) is 0 Å². The molecule has 1 N–H and O–H groups in total. The van der Waals surface area contributed by atoms with Gasteiger partial charge in [-0.2, -0.15) is 0 Å². The molecule has 1 atom stereocenters. The van der Waals surface area contributed by atoms with Crippen molar-refractivity contribution in [3.63, 3.8) is 0 Å². The van der Waals surface area contributed by atoms with Gasteiger partial charge in [0.05, 0.1) is 0 Å². The molecule has 3 heteroatoms. The van der Waals surface area contributed by atoms with Gasteiger partial charge in [-0.3, -0.25) is 5.21 Å². The van der Waals surface area contributed by atoms with Crippen molar-refractivity contribution in [1.82, 2.24) is 5.06 Å². The fraction of sp³-hybridized carbons (Fsp3) is 0.200. The first-order valence-electron chi connectivity index (χ1n) is 2.27. The quantitative estimate of drug-likeness (QED) is 0.396. The van der Waals surface area contributed by atoms with E-state index in [-0.39, 0.29) is 0 Å². The third-order valence-corrected chi connectivity index (χ3v) is 1.22. The van der Waals surface area contributed by atoms with E-state index in [2.05, 4.69) is 0 Å². The predicted octanol–water partition coefficient (Wildman–Crippen LogP) is 1.33. The van der Waals surface area contributed by atoms with E-state index >= 15 is 0 Å². The molecule has 0 spiro atoms. The highest BCUT2D eigenvalue weighted by Gasteiger charge is 2.05. The highest BCUT2D eigenvalue weighted by molar-refractivity contribution is 6.21. The first kappa shape index (κ1) is 5.66. The van der Waals surface area contributed by atoms with Crippen molar-refractivity contribution in [2.75, 3.05) is 0 Å². The summed E-state index contributed by atoms with van der Waals surface area (Å²) >= 11 is 5.50. The van der Waals surface area contributed by atoms with Crippen LogP contribution in [0.5, 0.6) is 0 Å². The summed E-state index contributed by atoms with van der Waals surface area (Å²) in [6.45, 7) is 0. The maximum absolute atomic E-state index is 8.74. The van der Waals surface area contributed by atoms with Crippen LogP contribution in [0.4, 0.5) is 0 Å². The number of nitrogens with zero attached hydrogens (tertiary/aromatic N) is 1. The Labute approximate surface area is 52.6 Å². The molecule has 0 saturated heterocycles. The lowest BCUT2D eigenvalue weighted by Gasteiger charge is -2.16. The Hall–Kier alpha value is -0.470. The Morgan fingerprint density at radius 1 is 1.50 bits per heavy atom. The van der Waals surface area contributed by atoms with Gasteiger partial charge >= 0.3 is 0 Å². The van der Waals surface area contributed by atoms with E-state index < -0.39 is 5.50 Å². The molecule has 0 aromatic heterocycles. The Morgan fingerprint density at radius 2 is 2.25 bits per heavy atom. The van der Waals surface area contributed by atoms with Crippen molar-refractivity contribution in [2.45, 2.75) is 5.50 Å². The molecular weight excluding hydrogens is 126 g/mol. The smallest absolute Gasteiger partial charge is 0.147 e. The molecule has 8 heavy (non-hydrogen) atoms. The third kappa shape index (κ3) is 1.02. The van der Waals surface area contributed by atoms with Crippen LogP contribution in [-0.4, -0.2) is 15.8 Å². The van der Waals surface area contributed by atoms with Crippen LogP contribution in [0.25, 0.3) is 0 Å². The van der Waals surface area contributed by atoms with Gasteiger partial charge in [0, 0.05) is 6.20 Å². The summed E-state index contributed by atoms with van der Waals surface area (Å²) in [7, 11) is 0. The fourth-order valence-corrected chi connectivity index (χ4v) is 0.613. The average Bonchev–Trinajstić information content (AvgIpc) is 1.77. The second kappa shape index (κ2) is 2.20. The van der Waals surface area contributed by atoms with Crippen molar-refractivity contribution in [1.29, 1.82) is 0 Å². The van der Waals surface area contributed by atoms with Gasteiger partial charge in [-0.15, -0.1) is 0 Å². The second-order valence-electron chi connectivity index (χ2n) is 1.48. The minimum Gasteiger partial charge on any atom is -0.287 e. The zero-order chi connectivity index (χ0) is 5.98. The van der Waals surface area contributed by atoms with E-state index in [1.165, 1.54) is 6.20 Å². The number of rotatable bonds is 0. The fourth-order valence-electron chi connectivity index (χ4n) is 0.464. The van der Waals surface area contributed by atoms with E-state index in [1.807, 2.05) is 0 Å². The molecule has 0 aromatic carbocycles. The van der Waals surface area contributed by atoms with Crippen LogP contribution in [0, 0.1) is 0 Å². The van der Waals surface area contributed by atoms with Crippen molar-refractivity contribution in [3.8, 4) is 0 Å². The molecule has 0 aliphatic carbocycles. The zero-order valence-electron chi connectivity index (χ0n) is 4.16. The van der Waals surface area contributed by atoms with E-state index in [9.17, 15) is 0 Å². The molecule has 2 nitrogen and oxygen atoms in total. The SMILES string of the molecule is ON1C=CC=CC1Cl. The van der Waals surface area contributed by atoms with Gasteiger partial charge in [0.2, 0.25) is 0 Å². The van der Waals surface area contributed by atoms with Crippen LogP contribution in [0.2, 0.25) is 0 Å². The summed E-state index contributed by atoms with van der Waals surface area (Å²) in [6.07, 6.45) is 6.67. The second-order valence-corrected chi connectivity index (χ2v) is 1.93. The third-order valence-electron chi connectivity index (χ3n) is 0.873. The maximum atomic E-state index is 8.74. The topological polar surface area (TPSA) is 23.5 Å². The number of halogens is 1. The summed E-state index contributed by atoms with van der Waals surface area (Å²) in [5.74, 6) is 0. The average molecular weight is 132 g/mol. The summed E-state index contributed by atoms with van der Waals surface area (Å²) in [5.41, 5.74) is -0.403. The minimum atomic E-state index is -0.403. The molecule has 0 fully saturated rings. The Morgan fingerprint density at radius 3 is 2.62 bits per heavy atom. The molecule has 1 aliphatic heterocycles. The van der Waals surface area contributed by atoms with Crippen LogP contribution >= 0.6 is 11.6 Å². The van der Waals surface area contributed by atoms with Gasteiger partial charge in [0.25, 0.3) is 0 Å². The number of alkyl halides is 1. The Kier molecular flexibility index (Phi) is 1.56. The van der Waals surface area contributed by atoms with Crippen LogP contribution in [0.3, 0.4) is 0 Å². The molecule has 1 unspecified atom stereocenters. The lowest BCUT2D eigenvalue weighted by molar-refractivity contribution is -0.0429. The first-order chi connectivity index (χ1) is 3.80. The van der Waals surface area contributed by atoms with Crippen LogP contribution in [-0.2, 0) is 0 Å². The number of allylic oxidation sites excluding steroid dienone is 2. The molecule has 1 rings (SSSR count). The number of hydrogen-bond acceptors (Lipinski definition) is 2. The van der Waals surface area contributed by atoms with Crippen molar-refractivity contribution in [3.05, 3.63) is 24.4 Å². The molecule has 0 aromatic rings. The lowest BCUT2D eigenvalue weighted by atomic mass is 10.4. The molecule has 0 amide bonds. The van der Waals surface area contributed by atoms with Gasteiger partial charge in [-0.25, -0.2) is 5.06 Å². The van der Waals surface area contributed by atoms with Gasteiger partial charge in [-0.05, 0) is 12.2 Å². The summed E-state index contributed by atoms with van der Waals surface area (Å²) in [6, 6.07) is 0. The minimum absolute atomic E-state index is 0.403. The molecule has 44 valence electrons. The lowest BCUT2D eigenvalue weighted by Crippen LogP contribution is -2.21. The monoisotopic (exact) mass is 131 g/mol. The molecular formula is C5H6ClNO. The summed E-state index contributed by atoms with van der Waals surface area (Å²) < 4.78 is 0. The standard InChI is InChI=1S/C5H6ClNO/c6-5-3-1-2-4-7(5)8/h1-5,8H. The van der Waals surface area contributed by atoms with Gasteiger partial charge < -0.3 is 0 Å². The number of hydroxylamine groups is 2. The van der Waals surface area contributed by atoms with Crippen LogP contribution < -0.4 is 0 Å². The molecule has 1 heterocycles. The van der Waals surface area contributed by atoms with Gasteiger partial charge in [0.1, 0.15) is 5.50 Å². The van der Waals surface area contributed by atoms with E-state index in [1.54, 1.807) is 18.2 Å². The van der Waals surface area contributed by atoms with E-state index in [0.29, 0.717) is 0 Å². The first-order valence-corrected chi connectivity index (χ1v) is 2.70. The largest absolute Gasteiger partial charge is 0.287 e. The van der Waals surface area contributed by atoms with Crippen LogP contribution in [0.15, 0.2) is 24.4 Å². The van der Waals surface area contributed by atoms with E-state index in [0.717, 1.165) is 5.06 Å². The van der Waals surface area contributed by atoms with Crippen molar-refractivity contribution in [2.24, 2.45) is 0 Å². The van der Waals surface area contributed by atoms with Gasteiger partial charge in [0.15, 0.2) is 0 Å². The predicted molar refractivity (Wildman–Crippen MR) is 31.5 cm³/mol. The Balaban J connectivity index is 2.59. The maximum Gasteiger partial charge on any atom is 0.147 e. The molecule has 0 bridgehead atoms. The van der Waals surface area contributed by atoms with E-state index in [4.69, 9.17) is 16.8 Å². The number of hydrogen-bond donors (Lipinski definition) is 1. The molecule has 0 saturated carbocycles. The Bertz CT molecular complexity index is 116. The highest BCUT2D eigenvalue weighted by Crippen LogP contribution is 2.07. The molecule has 0 radical (unpaired) electrons. The summed E-state index contributed by atoms with van der Waals surface area (Å²) in [5, 5.41) is 9.67. The van der Waals surface area contributed by atoms with Gasteiger partial charge in [-0.1, -0.05) is 17.7 Å².